The molecule has 0 spiro atoms. The number of carbonyl (C=O) groups is 2. The highest BCUT2D eigenvalue weighted by molar-refractivity contribution is 5.89. The van der Waals surface area contributed by atoms with Gasteiger partial charge in [0.15, 0.2) is 0 Å². The minimum Gasteiger partial charge on any atom is -0.481 e. The first-order chi connectivity index (χ1) is 9.56. The molecule has 0 radical (unpaired) electrons. The minimum atomic E-state index is -0.859. The van der Waals surface area contributed by atoms with Crippen LogP contribution in [0.4, 0.5) is 10.5 Å². The Kier molecular flexibility index (Phi) is 4.61. The number of hydrogen-bond donors (Lipinski definition) is 2. The van der Waals surface area contributed by atoms with Gasteiger partial charge in [-0.2, -0.15) is 0 Å². The van der Waals surface area contributed by atoms with Crippen LogP contribution in [0, 0.1) is 0 Å². The summed E-state index contributed by atoms with van der Waals surface area (Å²) in [5, 5.41) is 11.5. The fraction of sp³-hybridized carbons (Fsp3) is 0.467. The number of carbonyl (C=O) groups excluding carboxylic acids is 1. The fourth-order valence-corrected chi connectivity index (χ4v) is 2.55. The van der Waals surface area contributed by atoms with Crippen LogP contribution in [0.3, 0.4) is 0 Å². The van der Waals surface area contributed by atoms with Gasteiger partial charge in [0, 0.05) is 18.8 Å². The van der Waals surface area contributed by atoms with Gasteiger partial charge in [0.2, 0.25) is 0 Å². The second-order valence-electron chi connectivity index (χ2n) is 5.25. The van der Waals surface area contributed by atoms with E-state index in [2.05, 4.69) is 5.32 Å². The van der Waals surface area contributed by atoms with Crippen molar-refractivity contribution in [3.8, 4) is 0 Å². The predicted molar refractivity (Wildman–Crippen MR) is 76.8 cm³/mol. The van der Waals surface area contributed by atoms with Gasteiger partial charge in [-0.15, -0.1) is 0 Å². The molecule has 2 N–H and O–H groups in total. The largest absolute Gasteiger partial charge is 0.481 e. The van der Waals surface area contributed by atoms with E-state index in [-0.39, 0.29) is 12.5 Å². The molecule has 1 aromatic carbocycles. The van der Waals surface area contributed by atoms with Crippen LogP contribution in [0.15, 0.2) is 24.3 Å². The zero-order valence-electron chi connectivity index (χ0n) is 11.6. The average Bonchev–Trinajstić information content (AvgIpc) is 2.93. The van der Waals surface area contributed by atoms with Crippen LogP contribution in [0.2, 0.25) is 0 Å². The molecule has 1 aromatic rings. The summed E-state index contributed by atoms with van der Waals surface area (Å²) in [6.07, 6.45) is 4.51. The van der Waals surface area contributed by atoms with Crippen molar-refractivity contribution in [2.45, 2.75) is 38.1 Å². The Hall–Kier alpha value is -2.04. The van der Waals surface area contributed by atoms with E-state index in [0.29, 0.717) is 11.7 Å². The number of carboxylic acid groups (broad SMARTS) is 1. The predicted octanol–water partition coefficient (Wildman–Crippen LogP) is 2.72. The highest BCUT2D eigenvalue weighted by Crippen LogP contribution is 2.23. The first kappa shape index (κ1) is 14.4. The van der Waals surface area contributed by atoms with Gasteiger partial charge < -0.3 is 15.3 Å². The SMILES string of the molecule is CN(C(=O)Nc1ccc(CC(=O)O)cc1)C1CCCC1. The number of urea groups is 1. The third kappa shape index (κ3) is 3.73. The Labute approximate surface area is 118 Å². The number of carboxylic acids is 1. The lowest BCUT2D eigenvalue weighted by atomic mass is 10.1. The standard InChI is InChI=1S/C15H20N2O3/c1-17(13-4-2-3-5-13)15(20)16-12-8-6-11(7-9-12)10-14(18)19/h6-9,13H,2-5,10H2,1H3,(H,16,20)(H,18,19). The molecule has 1 aliphatic carbocycles. The van der Waals surface area contributed by atoms with E-state index in [1.807, 2.05) is 7.05 Å². The molecule has 0 bridgehead atoms. The molecule has 20 heavy (non-hydrogen) atoms. The lowest BCUT2D eigenvalue weighted by molar-refractivity contribution is -0.136. The number of amides is 2. The van der Waals surface area contributed by atoms with E-state index in [4.69, 9.17) is 5.11 Å². The number of rotatable bonds is 4. The Bertz CT molecular complexity index is 478. The minimum absolute atomic E-state index is 0.00377. The van der Waals surface area contributed by atoms with E-state index in [1.54, 1.807) is 29.2 Å². The lowest BCUT2D eigenvalue weighted by Crippen LogP contribution is -2.38. The van der Waals surface area contributed by atoms with Gasteiger partial charge in [0.25, 0.3) is 0 Å². The Morgan fingerprint density at radius 3 is 2.40 bits per heavy atom. The van der Waals surface area contributed by atoms with E-state index in [1.165, 1.54) is 12.8 Å². The zero-order chi connectivity index (χ0) is 14.5. The summed E-state index contributed by atoms with van der Waals surface area (Å²) in [5.41, 5.74) is 1.41. The van der Waals surface area contributed by atoms with Crippen molar-refractivity contribution < 1.29 is 14.7 Å². The first-order valence-corrected chi connectivity index (χ1v) is 6.91. The quantitative estimate of drug-likeness (QED) is 0.888. The van der Waals surface area contributed by atoms with Gasteiger partial charge in [0.1, 0.15) is 0 Å². The van der Waals surface area contributed by atoms with Crippen molar-refractivity contribution in [2.24, 2.45) is 0 Å². The number of nitrogens with one attached hydrogen (secondary N) is 1. The van der Waals surface area contributed by atoms with Crippen LogP contribution in [-0.2, 0) is 11.2 Å². The number of benzene rings is 1. The van der Waals surface area contributed by atoms with Crippen molar-refractivity contribution in [1.82, 2.24) is 4.90 Å². The summed E-state index contributed by atoms with van der Waals surface area (Å²) in [4.78, 5) is 24.4. The van der Waals surface area contributed by atoms with E-state index in [0.717, 1.165) is 18.4 Å². The van der Waals surface area contributed by atoms with E-state index >= 15 is 0 Å². The molecule has 108 valence electrons. The Morgan fingerprint density at radius 2 is 1.85 bits per heavy atom. The summed E-state index contributed by atoms with van der Waals surface area (Å²) in [7, 11) is 1.82. The van der Waals surface area contributed by atoms with Crippen LogP contribution in [0.1, 0.15) is 31.2 Å². The molecule has 2 amide bonds. The molecule has 5 heteroatoms. The maximum atomic E-state index is 12.1. The number of anilines is 1. The second-order valence-corrected chi connectivity index (χ2v) is 5.25. The Morgan fingerprint density at radius 1 is 1.25 bits per heavy atom. The molecule has 5 nitrogen and oxygen atoms in total. The summed E-state index contributed by atoms with van der Waals surface area (Å²) in [6.45, 7) is 0. The van der Waals surface area contributed by atoms with Crippen molar-refractivity contribution in [3.05, 3.63) is 29.8 Å². The van der Waals surface area contributed by atoms with Crippen LogP contribution in [0.5, 0.6) is 0 Å². The summed E-state index contributed by atoms with van der Waals surface area (Å²) < 4.78 is 0. The second kappa shape index (κ2) is 6.41. The normalized spacial score (nSPS) is 15.1. The molecule has 1 aliphatic rings. The molecule has 2 rings (SSSR count). The molecular formula is C15H20N2O3. The van der Waals surface area contributed by atoms with E-state index in [9.17, 15) is 9.59 Å². The maximum absolute atomic E-state index is 12.1. The summed E-state index contributed by atoms with van der Waals surface area (Å²) in [6, 6.07) is 7.14. The summed E-state index contributed by atoms with van der Waals surface area (Å²) in [5.74, 6) is -0.859. The smallest absolute Gasteiger partial charge is 0.321 e. The molecule has 0 aliphatic heterocycles. The molecule has 0 saturated heterocycles. The monoisotopic (exact) mass is 276 g/mol. The van der Waals surface area contributed by atoms with Gasteiger partial charge in [-0.05, 0) is 30.5 Å². The highest BCUT2D eigenvalue weighted by atomic mass is 16.4. The van der Waals surface area contributed by atoms with Gasteiger partial charge >= 0.3 is 12.0 Å². The van der Waals surface area contributed by atoms with Crippen LogP contribution in [0.25, 0.3) is 0 Å². The number of hydrogen-bond acceptors (Lipinski definition) is 2. The Balaban J connectivity index is 1.91. The van der Waals surface area contributed by atoms with Gasteiger partial charge in [-0.25, -0.2) is 4.79 Å². The topological polar surface area (TPSA) is 69.6 Å². The van der Waals surface area contributed by atoms with Gasteiger partial charge in [-0.1, -0.05) is 25.0 Å². The molecule has 1 saturated carbocycles. The molecule has 1 fully saturated rings. The highest BCUT2D eigenvalue weighted by Gasteiger charge is 2.23. The van der Waals surface area contributed by atoms with Crippen LogP contribution in [-0.4, -0.2) is 35.1 Å². The van der Waals surface area contributed by atoms with Crippen molar-refractivity contribution >= 4 is 17.7 Å². The average molecular weight is 276 g/mol. The molecule has 0 unspecified atom stereocenters. The third-order valence-corrected chi connectivity index (χ3v) is 3.75. The van der Waals surface area contributed by atoms with E-state index < -0.39 is 5.97 Å². The summed E-state index contributed by atoms with van der Waals surface area (Å²) >= 11 is 0. The maximum Gasteiger partial charge on any atom is 0.321 e. The van der Waals surface area contributed by atoms with Gasteiger partial charge in [-0.3, -0.25) is 4.79 Å². The number of nitrogens with zero attached hydrogens (tertiary/aromatic N) is 1. The first-order valence-electron chi connectivity index (χ1n) is 6.91. The van der Waals surface area contributed by atoms with Crippen molar-refractivity contribution in [1.29, 1.82) is 0 Å². The van der Waals surface area contributed by atoms with Crippen molar-refractivity contribution in [2.75, 3.05) is 12.4 Å². The molecule has 0 atom stereocenters. The van der Waals surface area contributed by atoms with Crippen LogP contribution >= 0.6 is 0 Å². The van der Waals surface area contributed by atoms with Gasteiger partial charge in [0.05, 0.1) is 6.42 Å². The van der Waals surface area contributed by atoms with Crippen molar-refractivity contribution in [3.63, 3.8) is 0 Å². The third-order valence-electron chi connectivity index (χ3n) is 3.75. The zero-order valence-corrected chi connectivity index (χ0v) is 11.6. The lowest BCUT2D eigenvalue weighted by Gasteiger charge is -2.24. The fourth-order valence-electron chi connectivity index (χ4n) is 2.55. The molecular weight excluding hydrogens is 256 g/mol. The molecule has 0 aromatic heterocycles. The molecule has 0 heterocycles. The van der Waals surface area contributed by atoms with Crippen LogP contribution < -0.4 is 5.32 Å². The number of aliphatic carboxylic acids is 1.